The number of rotatable bonds is 27. The van der Waals surface area contributed by atoms with Crippen molar-refractivity contribution in [2.45, 2.75) is 128 Å². The highest BCUT2D eigenvalue weighted by Crippen LogP contribution is 2.36. The van der Waals surface area contributed by atoms with Crippen molar-refractivity contribution in [1.29, 1.82) is 0 Å². The molecular weight excluding hydrogens is 738 g/mol. The molecule has 3 rings (SSSR count). The Labute approximate surface area is 335 Å². The molecule has 15 heteroatoms. The number of primary amides is 1. The topological polar surface area (TPSA) is 226 Å². The van der Waals surface area contributed by atoms with Crippen molar-refractivity contribution < 1.29 is 57.7 Å². The van der Waals surface area contributed by atoms with E-state index in [0.29, 0.717) is 38.7 Å². The van der Waals surface area contributed by atoms with Crippen LogP contribution in [0.1, 0.15) is 131 Å². The van der Waals surface area contributed by atoms with Gasteiger partial charge in [-0.1, -0.05) is 70.6 Å². The van der Waals surface area contributed by atoms with E-state index in [9.17, 15) is 43.5 Å². The minimum atomic E-state index is -1.26. The number of nitrogens with one attached hydrogen (secondary N) is 1. The molecule has 3 unspecified atom stereocenters. The summed E-state index contributed by atoms with van der Waals surface area (Å²) in [5.41, 5.74) is 5.26. The average Bonchev–Trinajstić information content (AvgIpc) is 3.64. The normalized spacial score (nSPS) is 18.7. The van der Waals surface area contributed by atoms with Crippen LogP contribution >= 0.6 is 0 Å². The Morgan fingerprint density at radius 2 is 1.61 bits per heavy atom. The molecule has 5 atom stereocenters. The molecule has 0 radical (unpaired) electrons. The number of nitrogens with zero attached hydrogens (tertiary/aromatic N) is 1. The van der Waals surface area contributed by atoms with E-state index in [1.165, 1.54) is 30.2 Å². The number of aromatic carboxylic acids is 1. The number of ether oxygens (including phenoxy) is 3. The molecule has 1 aliphatic heterocycles. The van der Waals surface area contributed by atoms with Crippen LogP contribution in [0.3, 0.4) is 0 Å². The van der Waals surface area contributed by atoms with Crippen LogP contribution in [0.5, 0.6) is 0 Å². The van der Waals surface area contributed by atoms with Gasteiger partial charge in [-0.15, -0.1) is 0 Å². The number of amides is 3. The highest BCUT2D eigenvalue weighted by atomic mass is 16.7. The van der Waals surface area contributed by atoms with E-state index >= 15 is 0 Å². The van der Waals surface area contributed by atoms with Crippen LogP contribution in [0.25, 0.3) is 0 Å². The minimum absolute atomic E-state index is 0.00863. The van der Waals surface area contributed by atoms with Crippen LogP contribution in [0.4, 0.5) is 0 Å². The van der Waals surface area contributed by atoms with Crippen molar-refractivity contribution in [3.63, 3.8) is 0 Å². The number of carbonyl (C=O) groups is 8. The second-order valence-electron chi connectivity index (χ2n) is 15.1. The van der Waals surface area contributed by atoms with Crippen molar-refractivity contribution in [1.82, 2.24) is 10.2 Å². The number of hydrogen-bond donors (Lipinski definition) is 3. The first kappa shape index (κ1) is 47.0. The van der Waals surface area contributed by atoms with Crippen LogP contribution < -0.4 is 11.1 Å². The second-order valence-corrected chi connectivity index (χ2v) is 15.1. The Morgan fingerprint density at radius 3 is 2.25 bits per heavy atom. The van der Waals surface area contributed by atoms with Crippen molar-refractivity contribution >= 4 is 46.8 Å². The molecule has 1 saturated carbocycles. The first-order chi connectivity index (χ1) is 27.3. The van der Waals surface area contributed by atoms with Crippen LogP contribution in [0.2, 0.25) is 0 Å². The zero-order valence-electron chi connectivity index (χ0n) is 33.7. The summed E-state index contributed by atoms with van der Waals surface area (Å²) in [4.78, 5) is 107. The summed E-state index contributed by atoms with van der Waals surface area (Å²) >= 11 is 0. The molecule has 15 nitrogen and oxygen atoms in total. The van der Waals surface area contributed by atoms with Gasteiger partial charge in [0.05, 0.1) is 30.9 Å². The smallest absolute Gasteiger partial charge is 0.336 e. The number of carboxylic acid groups (broad SMARTS) is 1. The van der Waals surface area contributed by atoms with Gasteiger partial charge < -0.3 is 35.3 Å². The van der Waals surface area contributed by atoms with Gasteiger partial charge in [0.25, 0.3) is 0 Å². The van der Waals surface area contributed by atoms with Crippen LogP contribution in [-0.4, -0.2) is 109 Å². The number of likely N-dealkylation sites (tertiary alicyclic amines) is 1. The zero-order valence-corrected chi connectivity index (χ0v) is 33.7. The van der Waals surface area contributed by atoms with E-state index < -0.39 is 83.3 Å². The molecule has 1 aliphatic carbocycles. The molecule has 2 fully saturated rings. The summed E-state index contributed by atoms with van der Waals surface area (Å²) in [5.74, 6) is -7.45. The third-order valence-electron chi connectivity index (χ3n) is 11.0. The second kappa shape index (κ2) is 24.4. The lowest BCUT2D eigenvalue weighted by atomic mass is 9.76. The van der Waals surface area contributed by atoms with Crippen molar-refractivity contribution in [2.24, 2.45) is 23.5 Å². The molecule has 3 amide bonds. The number of hydrogen-bond acceptors (Lipinski definition) is 11. The van der Waals surface area contributed by atoms with Crippen molar-refractivity contribution in [3.05, 3.63) is 35.4 Å². The Hall–Kier alpha value is -4.34. The fourth-order valence-corrected chi connectivity index (χ4v) is 7.83. The molecule has 57 heavy (non-hydrogen) atoms. The maximum atomic E-state index is 14.7. The molecule has 1 aromatic rings. The fraction of sp³-hybridized carbons (Fsp3) is 0.667. The summed E-state index contributed by atoms with van der Waals surface area (Å²) in [6.45, 7) is 4.25. The maximum absolute atomic E-state index is 14.7. The average molecular weight is 800 g/mol. The van der Waals surface area contributed by atoms with Gasteiger partial charge in [0, 0.05) is 63.2 Å². The summed E-state index contributed by atoms with van der Waals surface area (Å²) in [5, 5.41) is 12.3. The first-order valence-electron chi connectivity index (χ1n) is 20.3. The number of carbonyl (C=O) groups excluding carboxylic acids is 7. The Balaban J connectivity index is 1.82. The molecule has 0 aromatic heterocycles. The van der Waals surface area contributed by atoms with Crippen molar-refractivity contribution in [3.8, 4) is 0 Å². The number of unbranched alkanes of at least 4 members (excludes halogenated alkanes) is 1. The maximum Gasteiger partial charge on any atom is 0.336 e. The number of benzene rings is 1. The van der Waals surface area contributed by atoms with Crippen LogP contribution in [0, 0.1) is 17.8 Å². The van der Waals surface area contributed by atoms with E-state index in [1.807, 2.05) is 13.8 Å². The van der Waals surface area contributed by atoms with Gasteiger partial charge in [-0.05, 0) is 37.7 Å². The van der Waals surface area contributed by atoms with Crippen LogP contribution in [0.15, 0.2) is 24.3 Å². The van der Waals surface area contributed by atoms with E-state index in [1.54, 1.807) is 6.07 Å². The number of nitrogens with two attached hydrogens (primary N) is 1. The number of methoxy groups -OCH3 is 1. The van der Waals surface area contributed by atoms with Gasteiger partial charge in [-0.3, -0.25) is 33.6 Å². The zero-order chi connectivity index (χ0) is 41.9. The molecule has 2 aliphatic rings. The third-order valence-corrected chi connectivity index (χ3v) is 11.0. The third kappa shape index (κ3) is 14.5. The quantitative estimate of drug-likeness (QED) is 0.0493. The predicted molar refractivity (Wildman–Crippen MR) is 208 cm³/mol. The standard InChI is InChI=1S/C42H61N3O12/c1-4-6-17-33(40(43)51)44-38(49)19-18-35(46)39(50)28(12-5-2)22-37(48)34-23-29(57-26-56-21-20-55-3)25-45(34)41(52)32(27-13-8-7-9-14-27)24-36(47)30-15-10-11-16-31(30)42(53)54/h10-11,15-16,27-29,32-34H,4-9,12-14,17-26H2,1-3H3,(H2,43,51)(H,44,49)(H,53,54)/t28?,29-,32?,33?,34+/m1/s1. The Kier molecular flexibility index (Phi) is 20.2. The van der Waals surface area contributed by atoms with Gasteiger partial charge in [0.2, 0.25) is 23.5 Å². The molecule has 1 aromatic carbocycles. The van der Waals surface area contributed by atoms with Crippen LogP contribution in [-0.2, 0) is 43.0 Å². The van der Waals surface area contributed by atoms with Crippen molar-refractivity contribution in [2.75, 3.05) is 33.7 Å². The molecule has 1 heterocycles. The molecular formula is C42H61N3O12. The van der Waals surface area contributed by atoms with E-state index in [-0.39, 0.29) is 69.1 Å². The lowest BCUT2D eigenvalue weighted by Crippen LogP contribution is -2.47. The van der Waals surface area contributed by atoms with Gasteiger partial charge in [-0.2, -0.15) is 0 Å². The summed E-state index contributed by atoms with van der Waals surface area (Å²) in [6.07, 6.45) is 4.80. The Morgan fingerprint density at radius 1 is 0.912 bits per heavy atom. The highest BCUT2D eigenvalue weighted by molar-refractivity contribution is 6.38. The largest absolute Gasteiger partial charge is 0.478 e. The summed E-state index contributed by atoms with van der Waals surface area (Å²) in [7, 11) is 1.53. The van der Waals surface area contributed by atoms with Gasteiger partial charge >= 0.3 is 5.97 Å². The monoisotopic (exact) mass is 799 g/mol. The molecule has 0 spiro atoms. The van der Waals surface area contributed by atoms with E-state index in [4.69, 9.17) is 19.9 Å². The molecule has 4 N–H and O–H groups in total. The minimum Gasteiger partial charge on any atom is -0.478 e. The molecule has 0 bridgehead atoms. The summed E-state index contributed by atoms with van der Waals surface area (Å²) < 4.78 is 16.4. The highest BCUT2D eigenvalue weighted by Gasteiger charge is 2.45. The summed E-state index contributed by atoms with van der Waals surface area (Å²) in [6, 6.07) is 3.99. The van der Waals surface area contributed by atoms with Gasteiger partial charge in [0.15, 0.2) is 17.3 Å². The number of Topliss-reactive ketones (excluding diaryl/α,β-unsaturated/α-hetero) is 4. The number of ketones is 4. The van der Waals surface area contributed by atoms with E-state index in [2.05, 4.69) is 5.32 Å². The molecule has 316 valence electrons. The van der Waals surface area contributed by atoms with Gasteiger partial charge in [-0.25, -0.2) is 4.79 Å². The van der Waals surface area contributed by atoms with Gasteiger partial charge in [0.1, 0.15) is 12.8 Å². The molecule has 1 saturated heterocycles. The fourth-order valence-electron chi connectivity index (χ4n) is 7.83. The SMILES string of the molecule is CCCCC(NC(=O)CCC(=O)C(=O)C(CCC)CC(=O)[C@@H]1C[C@@H](OCOCCOC)CN1C(=O)C(CC(=O)c1ccccc1C(=O)O)C1CCCCC1)C(N)=O. The first-order valence-corrected chi connectivity index (χ1v) is 20.3. The lowest BCUT2D eigenvalue weighted by Gasteiger charge is -2.34. The van der Waals surface area contributed by atoms with E-state index in [0.717, 1.165) is 25.7 Å². The lowest BCUT2D eigenvalue weighted by molar-refractivity contribution is -0.144. The number of carboxylic acids is 1. The predicted octanol–water partition coefficient (Wildman–Crippen LogP) is 4.21. The Bertz CT molecular complexity index is 1560.